The third-order valence-electron chi connectivity index (χ3n) is 3.01. The Morgan fingerprint density at radius 1 is 1.56 bits per heavy atom. The molecule has 0 atom stereocenters. The highest BCUT2D eigenvalue weighted by atomic mass is 79.9. The van der Waals surface area contributed by atoms with Gasteiger partial charge in [0.2, 0.25) is 5.91 Å². The monoisotopic (exact) mass is 331 g/mol. The molecule has 1 fully saturated rings. The van der Waals surface area contributed by atoms with E-state index in [9.17, 15) is 4.79 Å². The van der Waals surface area contributed by atoms with Crippen LogP contribution in [0.25, 0.3) is 0 Å². The van der Waals surface area contributed by atoms with Gasteiger partial charge in [-0.2, -0.15) is 0 Å². The van der Waals surface area contributed by atoms with E-state index in [4.69, 9.17) is 11.6 Å². The predicted molar refractivity (Wildman–Crippen MR) is 75.8 cm³/mol. The van der Waals surface area contributed by atoms with Gasteiger partial charge < -0.3 is 10.6 Å². The fourth-order valence-electron chi connectivity index (χ4n) is 2.06. The smallest absolute Gasteiger partial charge is 0.224 e. The third-order valence-corrected chi connectivity index (χ3v) is 3.75. The average Bonchev–Trinajstić information content (AvgIpc) is 2.35. The molecule has 1 aromatic heterocycles. The van der Waals surface area contributed by atoms with Crippen molar-refractivity contribution in [1.82, 2.24) is 10.3 Å². The largest absolute Gasteiger partial charge is 0.323 e. The zero-order valence-electron chi connectivity index (χ0n) is 9.88. The lowest BCUT2D eigenvalue weighted by atomic mass is 9.94. The number of carbonyl (C=O) groups is 1. The molecule has 0 bridgehead atoms. The van der Waals surface area contributed by atoms with Gasteiger partial charge in [0.25, 0.3) is 0 Å². The minimum atomic E-state index is 0.00343. The van der Waals surface area contributed by atoms with Crippen LogP contribution >= 0.6 is 27.5 Å². The van der Waals surface area contributed by atoms with Gasteiger partial charge in [-0.1, -0.05) is 11.6 Å². The van der Waals surface area contributed by atoms with Crippen LogP contribution < -0.4 is 10.6 Å². The lowest BCUT2D eigenvalue weighted by Gasteiger charge is -2.21. The minimum Gasteiger partial charge on any atom is -0.323 e. The molecule has 2 rings (SSSR count). The molecule has 0 aromatic carbocycles. The van der Waals surface area contributed by atoms with E-state index in [-0.39, 0.29) is 5.91 Å². The maximum Gasteiger partial charge on any atom is 0.224 e. The Morgan fingerprint density at radius 3 is 3.00 bits per heavy atom. The first kappa shape index (κ1) is 13.8. The molecule has 6 heteroatoms. The molecule has 1 aliphatic heterocycles. The number of halogens is 2. The summed E-state index contributed by atoms with van der Waals surface area (Å²) in [4.78, 5) is 15.9. The molecule has 1 saturated heterocycles. The van der Waals surface area contributed by atoms with E-state index < -0.39 is 0 Å². The van der Waals surface area contributed by atoms with Crippen LogP contribution in [0.4, 0.5) is 5.69 Å². The van der Waals surface area contributed by atoms with Crippen molar-refractivity contribution in [2.24, 2.45) is 5.92 Å². The number of nitrogens with one attached hydrogen (secondary N) is 2. The molecule has 1 amide bonds. The number of hydrogen-bond donors (Lipinski definition) is 2. The standard InChI is InChI=1S/C12H15BrClN3O/c13-9-6-10(12(14)16-7-9)17-11(18)5-8-1-3-15-4-2-8/h6-8,15H,1-5H2,(H,17,18). The molecule has 2 N–H and O–H groups in total. The van der Waals surface area contributed by atoms with Gasteiger partial charge in [-0.05, 0) is 53.8 Å². The summed E-state index contributed by atoms with van der Waals surface area (Å²) >= 11 is 9.23. The van der Waals surface area contributed by atoms with E-state index in [1.165, 1.54) is 0 Å². The number of carbonyl (C=O) groups excluding carboxylic acids is 1. The van der Waals surface area contributed by atoms with Crippen molar-refractivity contribution in [2.45, 2.75) is 19.3 Å². The number of aromatic nitrogens is 1. The summed E-state index contributed by atoms with van der Waals surface area (Å²) < 4.78 is 0.795. The topological polar surface area (TPSA) is 54.0 Å². The molecule has 2 heterocycles. The van der Waals surface area contributed by atoms with E-state index in [0.717, 1.165) is 30.4 Å². The van der Waals surface area contributed by atoms with Crippen LogP contribution in [0.15, 0.2) is 16.7 Å². The Balaban J connectivity index is 1.92. The average molecular weight is 333 g/mol. The molecule has 98 valence electrons. The normalized spacial score (nSPS) is 16.6. The molecule has 0 saturated carbocycles. The molecule has 18 heavy (non-hydrogen) atoms. The van der Waals surface area contributed by atoms with Crippen LogP contribution in [-0.2, 0) is 4.79 Å². The second-order valence-corrected chi connectivity index (χ2v) is 5.71. The lowest BCUT2D eigenvalue weighted by Crippen LogP contribution is -2.30. The fraction of sp³-hybridized carbons (Fsp3) is 0.500. The predicted octanol–water partition coefficient (Wildman–Crippen LogP) is 2.83. The number of nitrogens with zero attached hydrogens (tertiary/aromatic N) is 1. The molecule has 1 aromatic rings. The first-order valence-electron chi connectivity index (χ1n) is 5.97. The van der Waals surface area contributed by atoms with Crippen LogP contribution in [0, 0.1) is 5.92 Å². The number of hydrogen-bond acceptors (Lipinski definition) is 3. The fourth-order valence-corrected chi connectivity index (χ4v) is 2.54. The molecule has 0 spiro atoms. The van der Waals surface area contributed by atoms with Gasteiger partial charge in [-0.25, -0.2) is 4.98 Å². The highest BCUT2D eigenvalue weighted by molar-refractivity contribution is 9.10. The van der Waals surface area contributed by atoms with Gasteiger partial charge >= 0.3 is 0 Å². The van der Waals surface area contributed by atoms with Gasteiger partial charge in [-0.15, -0.1) is 0 Å². The Labute approximate surface area is 120 Å². The zero-order valence-corrected chi connectivity index (χ0v) is 12.2. The van der Waals surface area contributed by atoms with Gasteiger partial charge in [-0.3, -0.25) is 4.79 Å². The summed E-state index contributed by atoms with van der Waals surface area (Å²) in [5.74, 6) is 0.467. The Kier molecular flexibility index (Phi) is 4.97. The second-order valence-electron chi connectivity index (χ2n) is 4.44. The summed E-state index contributed by atoms with van der Waals surface area (Å²) in [7, 11) is 0. The maximum absolute atomic E-state index is 11.9. The SMILES string of the molecule is O=C(CC1CCNCC1)Nc1cc(Br)cnc1Cl. The molecule has 0 radical (unpaired) electrons. The quantitative estimate of drug-likeness (QED) is 0.837. The Morgan fingerprint density at radius 2 is 2.28 bits per heavy atom. The summed E-state index contributed by atoms with van der Waals surface area (Å²) in [5.41, 5.74) is 0.560. The van der Waals surface area contributed by atoms with Crippen molar-refractivity contribution in [1.29, 1.82) is 0 Å². The molecule has 4 nitrogen and oxygen atoms in total. The van der Waals surface area contributed by atoms with Crippen molar-refractivity contribution in [3.8, 4) is 0 Å². The summed E-state index contributed by atoms with van der Waals surface area (Å²) in [6, 6.07) is 1.76. The van der Waals surface area contributed by atoms with E-state index >= 15 is 0 Å². The molecular weight excluding hydrogens is 318 g/mol. The van der Waals surface area contributed by atoms with Crippen molar-refractivity contribution >= 4 is 39.1 Å². The zero-order chi connectivity index (χ0) is 13.0. The van der Waals surface area contributed by atoms with Crippen LogP contribution in [0.3, 0.4) is 0 Å². The van der Waals surface area contributed by atoms with Crippen molar-refractivity contribution in [3.63, 3.8) is 0 Å². The Bertz CT molecular complexity index is 435. The lowest BCUT2D eigenvalue weighted by molar-refractivity contribution is -0.117. The van der Waals surface area contributed by atoms with Crippen LogP contribution in [0.1, 0.15) is 19.3 Å². The summed E-state index contributed by atoms with van der Waals surface area (Å²) in [5, 5.41) is 6.42. The molecule has 0 aliphatic carbocycles. The third kappa shape index (κ3) is 3.93. The van der Waals surface area contributed by atoms with E-state index in [1.54, 1.807) is 12.3 Å². The summed E-state index contributed by atoms with van der Waals surface area (Å²) in [6.45, 7) is 1.99. The van der Waals surface area contributed by atoms with Crippen molar-refractivity contribution in [2.75, 3.05) is 18.4 Å². The second kappa shape index (κ2) is 6.50. The van der Waals surface area contributed by atoms with Gasteiger partial charge in [0, 0.05) is 17.1 Å². The number of rotatable bonds is 3. The van der Waals surface area contributed by atoms with Crippen LogP contribution in [-0.4, -0.2) is 24.0 Å². The highest BCUT2D eigenvalue weighted by Gasteiger charge is 2.17. The summed E-state index contributed by atoms with van der Waals surface area (Å²) in [6.07, 6.45) is 4.26. The van der Waals surface area contributed by atoms with Crippen molar-refractivity contribution < 1.29 is 4.79 Å². The Hall–Kier alpha value is -0.650. The van der Waals surface area contributed by atoms with E-state index in [0.29, 0.717) is 23.2 Å². The first-order chi connectivity index (χ1) is 8.65. The van der Waals surface area contributed by atoms with Crippen LogP contribution in [0.5, 0.6) is 0 Å². The van der Waals surface area contributed by atoms with E-state index in [1.807, 2.05) is 0 Å². The van der Waals surface area contributed by atoms with E-state index in [2.05, 4.69) is 31.5 Å². The van der Waals surface area contributed by atoms with Gasteiger partial charge in [0.05, 0.1) is 5.69 Å². The minimum absolute atomic E-state index is 0.00343. The van der Waals surface area contributed by atoms with Gasteiger partial charge in [0.1, 0.15) is 0 Å². The number of pyridine rings is 1. The van der Waals surface area contributed by atoms with Gasteiger partial charge in [0.15, 0.2) is 5.15 Å². The van der Waals surface area contributed by atoms with Crippen molar-refractivity contribution in [3.05, 3.63) is 21.9 Å². The number of anilines is 1. The van der Waals surface area contributed by atoms with Crippen LogP contribution in [0.2, 0.25) is 5.15 Å². The number of piperidine rings is 1. The maximum atomic E-state index is 11.9. The molecule has 0 unspecified atom stereocenters. The molecule has 1 aliphatic rings. The first-order valence-corrected chi connectivity index (χ1v) is 7.14. The highest BCUT2D eigenvalue weighted by Crippen LogP contribution is 2.24. The number of amides is 1. The molecular formula is C12H15BrClN3O.